The van der Waals surface area contributed by atoms with E-state index in [0.717, 1.165) is 10.4 Å². The molecule has 0 aromatic carbocycles. The van der Waals surface area contributed by atoms with Crippen molar-refractivity contribution in [3.63, 3.8) is 0 Å². The number of piperidine rings is 1. The van der Waals surface area contributed by atoms with E-state index in [1.165, 1.54) is 11.3 Å². The number of likely N-dealkylation sites (tertiary alicyclic amines) is 1. The maximum Gasteiger partial charge on any atom is 0.263 e. The van der Waals surface area contributed by atoms with Crippen molar-refractivity contribution >= 4 is 17.2 Å². The van der Waals surface area contributed by atoms with Gasteiger partial charge in [-0.05, 0) is 30.9 Å². The molecule has 0 bridgehead atoms. The molecule has 2 heterocycles. The monoisotopic (exact) mass is 307 g/mol. The Morgan fingerprint density at radius 2 is 2.33 bits per heavy atom. The molecule has 4 nitrogen and oxygen atoms in total. The van der Waals surface area contributed by atoms with E-state index in [1.54, 1.807) is 0 Å². The normalized spacial score (nSPS) is 21.8. The largest absolute Gasteiger partial charge is 0.395 e. The highest BCUT2D eigenvalue weighted by Crippen LogP contribution is 2.25. The topological polar surface area (TPSA) is 60.8 Å². The molecule has 1 saturated heterocycles. The van der Waals surface area contributed by atoms with Crippen LogP contribution in [0.15, 0.2) is 6.07 Å². The fourth-order valence-electron chi connectivity index (χ4n) is 2.38. The quantitative estimate of drug-likeness (QED) is 0.817. The zero-order valence-corrected chi connectivity index (χ0v) is 13.2. The second kappa shape index (κ2) is 7.08. The summed E-state index contributed by atoms with van der Waals surface area (Å²) >= 11 is 1.40. The van der Waals surface area contributed by atoms with Gasteiger partial charge in [-0.15, -0.1) is 11.3 Å². The van der Waals surface area contributed by atoms with Crippen LogP contribution in [0.25, 0.3) is 0 Å². The van der Waals surface area contributed by atoms with E-state index in [4.69, 9.17) is 5.11 Å². The molecule has 21 heavy (non-hydrogen) atoms. The summed E-state index contributed by atoms with van der Waals surface area (Å²) in [6.07, 6.45) is 0.779. The molecule has 0 aliphatic carbocycles. The lowest BCUT2D eigenvalue weighted by molar-refractivity contribution is 0.0300. The molecule has 2 atom stereocenters. The molecule has 1 aliphatic rings. The summed E-state index contributed by atoms with van der Waals surface area (Å²) in [5, 5.41) is 18.5. The zero-order chi connectivity index (χ0) is 15.4. The molecule has 114 valence electrons. The molecule has 5 heteroatoms. The van der Waals surface area contributed by atoms with Crippen LogP contribution in [0.1, 0.15) is 39.9 Å². The van der Waals surface area contributed by atoms with Crippen LogP contribution in [0.2, 0.25) is 0 Å². The molecule has 0 radical (unpaired) electrons. The van der Waals surface area contributed by atoms with Crippen molar-refractivity contribution in [1.29, 1.82) is 0 Å². The molecule has 0 spiro atoms. The van der Waals surface area contributed by atoms with E-state index in [0.29, 0.717) is 30.8 Å². The van der Waals surface area contributed by atoms with Gasteiger partial charge >= 0.3 is 0 Å². The third-order valence-electron chi connectivity index (χ3n) is 3.71. The predicted octanol–water partition coefficient (Wildman–Crippen LogP) is 1.63. The highest BCUT2D eigenvalue weighted by atomic mass is 32.1. The van der Waals surface area contributed by atoms with E-state index in [-0.39, 0.29) is 24.5 Å². The second-order valence-electron chi connectivity index (χ2n) is 5.48. The highest BCUT2D eigenvalue weighted by molar-refractivity contribution is 7.14. The average Bonchev–Trinajstić information content (AvgIpc) is 2.83. The Morgan fingerprint density at radius 3 is 3.00 bits per heavy atom. The lowest BCUT2D eigenvalue weighted by Crippen LogP contribution is -2.44. The van der Waals surface area contributed by atoms with E-state index in [2.05, 4.69) is 11.8 Å². The third kappa shape index (κ3) is 3.85. The van der Waals surface area contributed by atoms with Crippen molar-refractivity contribution in [1.82, 2.24) is 4.90 Å². The van der Waals surface area contributed by atoms with Gasteiger partial charge in [-0.3, -0.25) is 4.79 Å². The first kappa shape index (κ1) is 16.0. The van der Waals surface area contributed by atoms with Gasteiger partial charge in [0.2, 0.25) is 0 Å². The van der Waals surface area contributed by atoms with Crippen LogP contribution >= 0.6 is 11.3 Å². The Morgan fingerprint density at radius 1 is 1.57 bits per heavy atom. The number of nitrogens with zero attached hydrogens (tertiary/aromatic N) is 1. The molecule has 0 saturated carbocycles. The van der Waals surface area contributed by atoms with Gasteiger partial charge in [-0.25, -0.2) is 0 Å². The summed E-state index contributed by atoms with van der Waals surface area (Å²) in [7, 11) is 0. The van der Waals surface area contributed by atoms with Crippen LogP contribution in [-0.2, 0) is 0 Å². The predicted molar refractivity (Wildman–Crippen MR) is 83.3 cm³/mol. The van der Waals surface area contributed by atoms with Crippen molar-refractivity contribution in [2.75, 3.05) is 19.7 Å². The Balaban J connectivity index is 2.10. The number of aliphatic hydroxyl groups is 2. The van der Waals surface area contributed by atoms with Crippen LogP contribution in [0, 0.1) is 24.7 Å². The van der Waals surface area contributed by atoms with Gasteiger partial charge in [-0.1, -0.05) is 18.8 Å². The number of aryl methyl sites for hydroxylation is 1. The minimum absolute atomic E-state index is 0.0251. The summed E-state index contributed by atoms with van der Waals surface area (Å²) in [5.41, 5.74) is 0.999. The summed E-state index contributed by atoms with van der Waals surface area (Å²) in [4.78, 5) is 15.9. The van der Waals surface area contributed by atoms with Crippen molar-refractivity contribution in [2.24, 2.45) is 5.92 Å². The molecule has 1 aliphatic heterocycles. The Bertz CT molecular complexity index is 570. The summed E-state index contributed by atoms with van der Waals surface area (Å²) in [6.45, 7) is 5.17. The number of carbonyl (C=O) groups is 1. The van der Waals surface area contributed by atoms with Crippen LogP contribution in [-0.4, -0.2) is 46.8 Å². The number of rotatable bonds is 2. The Kier molecular flexibility index (Phi) is 5.40. The first-order valence-corrected chi connectivity index (χ1v) is 8.02. The van der Waals surface area contributed by atoms with Gasteiger partial charge in [0.1, 0.15) is 0 Å². The van der Waals surface area contributed by atoms with Crippen LogP contribution in [0.5, 0.6) is 0 Å². The molecule has 2 rings (SSSR count). The van der Waals surface area contributed by atoms with Crippen molar-refractivity contribution in [3.8, 4) is 11.8 Å². The maximum absolute atomic E-state index is 12.5. The number of thiophene rings is 1. The maximum atomic E-state index is 12.5. The van der Waals surface area contributed by atoms with Crippen molar-refractivity contribution in [3.05, 3.63) is 21.4 Å². The van der Waals surface area contributed by atoms with Crippen LogP contribution in [0.4, 0.5) is 0 Å². The fraction of sp³-hybridized carbons (Fsp3) is 0.562. The van der Waals surface area contributed by atoms with Gasteiger partial charge in [0.25, 0.3) is 5.91 Å². The van der Waals surface area contributed by atoms with E-state index in [9.17, 15) is 9.90 Å². The zero-order valence-electron chi connectivity index (χ0n) is 12.4. The van der Waals surface area contributed by atoms with E-state index in [1.807, 2.05) is 24.8 Å². The average molecular weight is 307 g/mol. The number of carbonyl (C=O) groups excluding carboxylic acids is 1. The molecule has 2 unspecified atom stereocenters. The first-order valence-electron chi connectivity index (χ1n) is 7.20. The summed E-state index contributed by atoms with van der Waals surface area (Å²) in [5.74, 6) is 6.04. The SMILES string of the molecule is Cc1cc(C(=O)N2CCC(O)C(C)C2)sc1C#CCCO. The molecule has 1 amide bonds. The van der Waals surface area contributed by atoms with E-state index < -0.39 is 0 Å². The lowest BCUT2D eigenvalue weighted by atomic mass is 9.96. The van der Waals surface area contributed by atoms with Crippen molar-refractivity contribution in [2.45, 2.75) is 32.8 Å². The van der Waals surface area contributed by atoms with Gasteiger partial charge in [0.15, 0.2) is 0 Å². The minimum Gasteiger partial charge on any atom is -0.395 e. The van der Waals surface area contributed by atoms with Crippen LogP contribution < -0.4 is 0 Å². The minimum atomic E-state index is -0.306. The second-order valence-corrected chi connectivity index (χ2v) is 6.53. The molecule has 1 aromatic heterocycles. The summed E-state index contributed by atoms with van der Waals surface area (Å²) in [6, 6.07) is 1.88. The molecule has 2 N–H and O–H groups in total. The molecule has 1 fully saturated rings. The number of aliphatic hydroxyl groups excluding tert-OH is 2. The smallest absolute Gasteiger partial charge is 0.263 e. The third-order valence-corrected chi connectivity index (χ3v) is 4.86. The first-order chi connectivity index (χ1) is 10.0. The van der Waals surface area contributed by atoms with E-state index >= 15 is 0 Å². The number of hydrogen-bond donors (Lipinski definition) is 2. The van der Waals surface area contributed by atoms with Crippen molar-refractivity contribution < 1.29 is 15.0 Å². The molecular weight excluding hydrogens is 286 g/mol. The number of hydrogen-bond acceptors (Lipinski definition) is 4. The van der Waals surface area contributed by atoms with Gasteiger partial charge in [0, 0.05) is 19.5 Å². The lowest BCUT2D eigenvalue weighted by Gasteiger charge is -2.34. The number of amides is 1. The standard InChI is InChI=1S/C16H21NO3S/c1-11-9-15(21-14(11)5-3-4-8-18)16(20)17-7-6-13(19)12(2)10-17/h9,12-13,18-19H,4,6-8,10H2,1-2H3. The summed E-state index contributed by atoms with van der Waals surface area (Å²) < 4.78 is 0. The van der Waals surface area contributed by atoms with Gasteiger partial charge < -0.3 is 15.1 Å². The highest BCUT2D eigenvalue weighted by Gasteiger charge is 2.28. The van der Waals surface area contributed by atoms with Crippen LogP contribution in [0.3, 0.4) is 0 Å². The molecule has 1 aromatic rings. The fourth-order valence-corrected chi connectivity index (χ4v) is 3.40. The Hall–Kier alpha value is -1.35. The Labute approximate surface area is 129 Å². The van der Waals surface area contributed by atoms with Gasteiger partial charge in [0.05, 0.1) is 22.5 Å². The van der Waals surface area contributed by atoms with Gasteiger partial charge in [-0.2, -0.15) is 0 Å². The molecular formula is C16H21NO3S.